The second-order valence-electron chi connectivity index (χ2n) is 6.61. The lowest BCUT2D eigenvalue weighted by Gasteiger charge is -2.32. The number of rotatable bonds is 6. The van der Waals surface area contributed by atoms with Gasteiger partial charge in [-0.15, -0.1) is 0 Å². The molecule has 5 nitrogen and oxygen atoms in total. The van der Waals surface area contributed by atoms with Crippen molar-refractivity contribution in [2.45, 2.75) is 32.9 Å². The van der Waals surface area contributed by atoms with Crippen LogP contribution in [0, 0.1) is 0 Å². The van der Waals surface area contributed by atoms with E-state index < -0.39 is 12.0 Å². The first kappa shape index (κ1) is 19.9. The van der Waals surface area contributed by atoms with Crippen molar-refractivity contribution in [3.05, 3.63) is 71.3 Å². The highest BCUT2D eigenvalue weighted by Crippen LogP contribution is 2.36. The Morgan fingerprint density at radius 2 is 1.79 bits per heavy atom. The highest BCUT2D eigenvalue weighted by atomic mass is 32.1. The van der Waals surface area contributed by atoms with Gasteiger partial charge in [-0.25, -0.2) is 4.79 Å². The van der Waals surface area contributed by atoms with Crippen LogP contribution in [0.15, 0.2) is 60.2 Å². The third kappa shape index (κ3) is 4.34. The fraction of sp³-hybridized carbons (Fsp3) is 0.273. The highest BCUT2D eigenvalue weighted by Gasteiger charge is 2.34. The summed E-state index contributed by atoms with van der Waals surface area (Å²) < 4.78 is 11.4. The summed E-state index contributed by atoms with van der Waals surface area (Å²) in [7, 11) is 0. The topological polar surface area (TPSA) is 59.6 Å². The van der Waals surface area contributed by atoms with Gasteiger partial charge in [0.1, 0.15) is 5.75 Å². The van der Waals surface area contributed by atoms with E-state index in [1.165, 1.54) is 0 Å². The monoisotopic (exact) mass is 396 g/mol. The molecule has 1 aliphatic rings. The molecule has 28 heavy (non-hydrogen) atoms. The molecular formula is C22H24N2O3S. The second kappa shape index (κ2) is 8.89. The smallest absolute Gasteiger partial charge is 0.338 e. The molecule has 1 heterocycles. The standard InChI is InChI=1S/C22H24N2O3S/c1-4-26-21(25)18-19(15-10-6-5-7-11-15)23-22(28)24-20(18)16-12-8-9-13-17(16)27-14(2)3/h5-14,20H,4H2,1-3H3,(H2,23,24,28)/t20-/m1/s1. The molecule has 1 atom stereocenters. The van der Waals surface area contributed by atoms with Crippen LogP contribution in [-0.4, -0.2) is 23.8 Å². The Kier molecular flexibility index (Phi) is 6.31. The summed E-state index contributed by atoms with van der Waals surface area (Å²) in [4.78, 5) is 13.0. The van der Waals surface area contributed by atoms with Crippen LogP contribution in [0.25, 0.3) is 5.70 Å². The van der Waals surface area contributed by atoms with Crippen molar-refractivity contribution < 1.29 is 14.3 Å². The van der Waals surface area contributed by atoms with Gasteiger partial charge in [-0.2, -0.15) is 0 Å². The first-order valence-corrected chi connectivity index (χ1v) is 9.71. The second-order valence-corrected chi connectivity index (χ2v) is 7.02. The van der Waals surface area contributed by atoms with Gasteiger partial charge >= 0.3 is 5.97 Å². The van der Waals surface area contributed by atoms with Crippen LogP contribution in [0.5, 0.6) is 5.75 Å². The van der Waals surface area contributed by atoms with Crippen LogP contribution in [-0.2, 0) is 9.53 Å². The fourth-order valence-electron chi connectivity index (χ4n) is 3.14. The number of esters is 1. The lowest BCUT2D eigenvalue weighted by molar-refractivity contribution is -0.138. The van der Waals surface area contributed by atoms with E-state index in [1.807, 2.05) is 68.4 Å². The molecule has 2 aromatic rings. The predicted molar refractivity (Wildman–Crippen MR) is 114 cm³/mol. The molecule has 0 radical (unpaired) electrons. The van der Waals surface area contributed by atoms with E-state index in [1.54, 1.807) is 6.92 Å². The largest absolute Gasteiger partial charge is 0.491 e. The van der Waals surface area contributed by atoms with Crippen molar-refractivity contribution in [1.29, 1.82) is 0 Å². The summed E-state index contributed by atoms with van der Waals surface area (Å²) in [5.41, 5.74) is 2.81. The van der Waals surface area contributed by atoms with Crippen molar-refractivity contribution in [1.82, 2.24) is 10.6 Å². The molecule has 146 valence electrons. The molecule has 0 unspecified atom stereocenters. The van der Waals surface area contributed by atoms with E-state index in [0.29, 0.717) is 22.1 Å². The molecule has 2 N–H and O–H groups in total. The molecule has 0 bridgehead atoms. The number of ether oxygens (including phenoxy) is 2. The van der Waals surface area contributed by atoms with Crippen LogP contribution in [0.3, 0.4) is 0 Å². The first-order valence-electron chi connectivity index (χ1n) is 9.31. The van der Waals surface area contributed by atoms with Crippen LogP contribution in [0.2, 0.25) is 0 Å². The molecule has 0 amide bonds. The Morgan fingerprint density at radius 3 is 2.46 bits per heavy atom. The maximum absolute atomic E-state index is 13.0. The molecule has 0 fully saturated rings. The number of hydrogen-bond donors (Lipinski definition) is 2. The molecule has 3 rings (SSSR count). The van der Waals surface area contributed by atoms with E-state index in [4.69, 9.17) is 21.7 Å². The number of carbonyl (C=O) groups excluding carboxylic acids is 1. The molecule has 0 spiro atoms. The number of benzene rings is 2. The van der Waals surface area contributed by atoms with E-state index >= 15 is 0 Å². The summed E-state index contributed by atoms with van der Waals surface area (Å²) in [5.74, 6) is 0.308. The molecule has 0 aliphatic carbocycles. The Labute approximate surface area is 170 Å². The molecular weight excluding hydrogens is 372 g/mol. The summed E-state index contributed by atoms with van der Waals surface area (Å²) in [6.07, 6.45) is -0.00145. The van der Waals surface area contributed by atoms with Gasteiger partial charge in [-0.1, -0.05) is 48.5 Å². The third-order valence-corrected chi connectivity index (χ3v) is 4.44. The molecule has 1 aliphatic heterocycles. The lowest BCUT2D eigenvalue weighted by Crippen LogP contribution is -2.45. The minimum Gasteiger partial charge on any atom is -0.491 e. The van der Waals surface area contributed by atoms with Crippen molar-refractivity contribution in [3.63, 3.8) is 0 Å². The minimum absolute atomic E-state index is 0.00145. The van der Waals surface area contributed by atoms with Crippen molar-refractivity contribution in [2.24, 2.45) is 0 Å². The van der Waals surface area contributed by atoms with Crippen molar-refractivity contribution in [3.8, 4) is 5.75 Å². The number of carbonyl (C=O) groups is 1. The Balaban J connectivity index is 2.18. The SMILES string of the molecule is CCOC(=O)C1=C(c2ccccc2)NC(=S)N[C@@H]1c1ccccc1OC(C)C. The van der Waals surface area contributed by atoms with Crippen molar-refractivity contribution in [2.75, 3.05) is 6.61 Å². The van der Waals surface area contributed by atoms with Crippen LogP contribution in [0.1, 0.15) is 37.9 Å². The normalized spacial score (nSPS) is 16.4. The molecule has 0 aromatic heterocycles. The molecule has 6 heteroatoms. The van der Waals surface area contributed by atoms with Crippen LogP contribution in [0.4, 0.5) is 0 Å². The van der Waals surface area contributed by atoms with E-state index in [-0.39, 0.29) is 12.7 Å². The maximum atomic E-state index is 13.0. The van der Waals surface area contributed by atoms with Gasteiger partial charge in [0.2, 0.25) is 0 Å². The highest BCUT2D eigenvalue weighted by molar-refractivity contribution is 7.80. The number of para-hydroxylation sites is 1. The average molecular weight is 397 g/mol. The fourth-order valence-corrected chi connectivity index (χ4v) is 3.36. The lowest BCUT2D eigenvalue weighted by atomic mass is 9.92. The number of hydrogen-bond acceptors (Lipinski definition) is 4. The Bertz CT molecular complexity index is 894. The van der Waals surface area contributed by atoms with Crippen LogP contribution < -0.4 is 15.4 Å². The number of thiocarbonyl (C=S) groups is 1. The minimum atomic E-state index is -0.488. The Hall–Kier alpha value is -2.86. The van der Waals surface area contributed by atoms with Gasteiger partial charge in [0.05, 0.1) is 30.0 Å². The zero-order chi connectivity index (χ0) is 20.1. The van der Waals surface area contributed by atoms with Gasteiger partial charge in [0.15, 0.2) is 5.11 Å². The van der Waals surface area contributed by atoms with Gasteiger partial charge in [0.25, 0.3) is 0 Å². The third-order valence-electron chi connectivity index (χ3n) is 4.22. The zero-order valence-corrected chi connectivity index (χ0v) is 17.0. The van der Waals surface area contributed by atoms with E-state index in [2.05, 4.69) is 10.6 Å². The molecule has 0 saturated carbocycles. The summed E-state index contributed by atoms with van der Waals surface area (Å²) in [6.45, 7) is 6.01. The average Bonchev–Trinajstić information content (AvgIpc) is 2.68. The van der Waals surface area contributed by atoms with Gasteiger partial charge < -0.3 is 20.1 Å². The van der Waals surface area contributed by atoms with Crippen LogP contribution >= 0.6 is 12.2 Å². The Morgan fingerprint density at radius 1 is 1.11 bits per heavy atom. The molecule has 0 saturated heterocycles. The summed E-state index contributed by atoms with van der Waals surface area (Å²) in [5, 5.41) is 6.80. The quantitative estimate of drug-likeness (QED) is 0.569. The first-order chi connectivity index (χ1) is 13.5. The predicted octanol–water partition coefficient (Wildman–Crippen LogP) is 3.97. The zero-order valence-electron chi connectivity index (χ0n) is 16.2. The summed E-state index contributed by atoms with van der Waals surface area (Å²) in [6, 6.07) is 16.8. The van der Waals surface area contributed by atoms with Crippen molar-refractivity contribution >= 4 is 29.0 Å². The van der Waals surface area contributed by atoms with Gasteiger partial charge in [0, 0.05) is 5.56 Å². The number of nitrogens with one attached hydrogen (secondary N) is 2. The maximum Gasteiger partial charge on any atom is 0.338 e. The van der Waals surface area contributed by atoms with Gasteiger partial charge in [-0.3, -0.25) is 0 Å². The van der Waals surface area contributed by atoms with E-state index in [9.17, 15) is 4.79 Å². The van der Waals surface area contributed by atoms with Gasteiger partial charge in [-0.05, 0) is 44.6 Å². The summed E-state index contributed by atoms with van der Waals surface area (Å²) >= 11 is 5.45. The molecule has 2 aromatic carbocycles. The van der Waals surface area contributed by atoms with E-state index in [0.717, 1.165) is 11.1 Å².